The maximum Gasteiger partial charge on any atom is 0.162 e. The van der Waals surface area contributed by atoms with Crippen molar-refractivity contribution in [2.75, 3.05) is 20.8 Å². The molecule has 0 aliphatic carbocycles. The minimum absolute atomic E-state index is 0.0625. The Morgan fingerprint density at radius 2 is 2.12 bits per heavy atom. The highest BCUT2D eigenvalue weighted by Gasteiger charge is 2.01. The van der Waals surface area contributed by atoms with Gasteiger partial charge in [0.15, 0.2) is 6.29 Å². The minimum atomic E-state index is -0.0625. The first-order valence-electron chi connectivity index (χ1n) is 5.29. The average Bonchev–Trinajstić information content (AvgIpc) is 2.80. The van der Waals surface area contributed by atoms with E-state index in [0.717, 1.165) is 18.7 Å². The van der Waals surface area contributed by atoms with Gasteiger partial charge >= 0.3 is 0 Å². The Morgan fingerprint density at radius 3 is 2.44 bits per heavy atom. The molecule has 0 radical (unpaired) electrons. The summed E-state index contributed by atoms with van der Waals surface area (Å²) < 4.78 is 14.7. The quantitative estimate of drug-likeness (QED) is 0.778. The zero-order valence-electron chi connectivity index (χ0n) is 10.3. The van der Waals surface area contributed by atoms with Gasteiger partial charge in [0.1, 0.15) is 5.76 Å². The smallest absolute Gasteiger partial charge is 0.162 e. The lowest BCUT2D eigenvalue weighted by atomic mass is 10.4. The summed E-state index contributed by atoms with van der Waals surface area (Å²) in [5.74, 6) is 0.910. The first kappa shape index (κ1) is 14.9. The molecule has 1 aromatic heterocycles. The molecule has 0 amide bonds. The predicted octanol–water partition coefficient (Wildman–Crippen LogP) is 1.55. The van der Waals surface area contributed by atoms with Crippen molar-refractivity contribution in [3.05, 3.63) is 30.2 Å². The van der Waals surface area contributed by atoms with Crippen LogP contribution in [0, 0.1) is 0 Å². The second-order valence-corrected chi connectivity index (χ2v) is 3.06. The summed E-state index contributed by atoms with van der Waals surface area (Å²) in [6, 6.07) is 3.79. The number of rotatable bonds is 5. The lowest BCUT2D eigenvalue weighted by Gasteiger charge is -2.09. The number of hydrogen-bond acceptors (Lipinski definition) is 3. The van der Waals surface area contributed by atoms with Gasteiger partial charge in [-0.3, -0.25) is 0 Å². The number of furan rings is 1. The Morgan fingerprint density at radius 1 is 1.44 bits per heavy atom. The summed E-state index contributed by atoms with van der Waals surface area (Å²) in [5, 5.41) is 0. The molecular weight excluding hydrogens is 206 g/mol. The van der Waals surface area contributed by atoms with Crippen LogP contribution in [0.1, 0.15) is 19.1 Å². The van der Waals surface area contributed by atoms with Crippen molar-refractivity contribution in [3.63, 3.8) is 0 Å². The second kappa shape index (κ2) is 10.4. The summed E-state index contributed by atoms with van der Waals surface area (Å²) in [5.41, 5.74) is 3.66. The van der Waals surface area contributed by atoms with E-state index in [0.29, 0.717) is 0 Å². The van der Waals surface area contributed by atoms with E-state index in [1.165, 1.54) is 0 Å². The van der Waals surface area contributed by atoms with E-state index in [4.69, 9.17) is 13.9 Å². The second-order valence-electron chi connectivity index (χ2n) is 3.06. The summed E-state index contributed by atoms with van der Waals surface area (Å²) in [6.07, 6.45) is 6.33. The van der Waals surface area contributed by atoms with Crippen molar-refractivity contribution in [1.82, 2.24) is 0 Å². The van der Waals surface area contributed by atoms with Gasteiger partial charge in [-0.1, -0.05) is 6.08 Å². The molecule has 1 heterocycles. The van der Waals surface area contributed by atoms with Crippen LogP contribution in [0.15, 0.2) is 28.9 Å². The highest BCUT2D eigenvalue weighted by Crippen LogP contribution is 2.00. The van der Waals surface area contributed by atoms with Crippen LogP contribution in [-0.2, 0) is 9.47 Å². The summed E-state index contributed by atoms with van der Waals surface area (Å²) in [7, 11) is 3.26. The summed E-state index contributed by atoms with van der Waals surface area (Å²) >= 11 is 0. The molecule has 0 fully saturated rings. The van der Waals surface area contributed by atoms with E-state index in [9.17, 15) is 0 Å². The predicted molar refractivity (Wildman–Crippen MR) is 63.6 cm³/mol. The highest BCUT2D eigenvalue weighted by atomic mass is 16.7. The third-order valence-corrected chi connectivity index (χ3v) is 1.84. The molecule has 1 rings (SSSR count). The van der Waals surface area contributed by atoms with Gasteiger partial charge in [0.05, 0.1) is 12.8 Å². The van der Waals surface area contributed by atoms with Crippen molar-refractivity contribution in [2.24, 2.45) is 0 Å². The molecule has 0 aromatic carbocycles. The van der Waals surface area contributed by atoms with Crippen LogP contribution in [0.2, 0.25) is 0 Å². The molecule has 0 saturated carbocycles. The normalized spacial score (nSPS) is 10.6. The molecule has 4 heteroatoms. The van der Waals surface area contributed by atoms with Crippen LogP contribution in [0.5, 0.6) is 0 Å². The molecule has 4 nitrogen and oxygen atoms in total. The molecule has 0 spiro atoms. The Labute approximate surface area is 97.0 Å². The molecule has 3 N–H and O–H groups in total. The molecule has 0 atom stereocenters. The fourth-order valence-electron chi connectivity index (χ4n) is 1.05. The van der Waals surface area contributed by atoms with Crippen molar-refractivity contribution in [3.8, 4) is 0 Å². The fourth-order valence-corrected chi connectivity index (χ4v) is 1.05. The Bertz CT molecular complexity index is 253. The molecule has 92 valence electrons. The minimum Gasteiger partial charge on any atom is -0.465 e. The van der Waals surface area contributed by atoms with Gasteiger partial charge in [0.25, 0.3) is 0 Å². The van der Waals surface area contributed by atoms with Crippen LogP contribution >= 0.6 is 0 Å². The Balaban J connectivity index is 0.000000281. The average molecular weight is 228 g/mol. The Kier molecular flexibility index (Phi) is 9.70. The zero-order valence-corrected chi connectivity index (χ0v) is 10.3. The van der Waals surface area contributed by atoms with Crippen LogP contribution in [0.4, 0.5) is 0 Å². The van der Waals surface area contributed by atoms with Gasteiger partial charge < -0.3 is 19.6 Å². The van der Waals surface area contributed by atoms with Crippen molar-refractivity contribution in [2.45, 2.75) is 19.6 Å². The third-order valence-electron chi connectivity index (χ3n) is 1.84. The van der Waals surface area contributed by atoms with E-state index in [1.807, 2.05) is 31.2 Å². The molecule has 0 saturated heterocycles. The van der Waals surface area contributed by atoms with E-state index < -0.39 is 0 Å². The SMILES string of the molecule is C/C=C/c1ccco1.COC(CC[NH3+])OC. The van der Waals surface area contributed by atoms with Crippen LogP contribution < -0.4 is 5.73 Å². The topological polar surface area (TPSA) is 59.2 Å². The highest BCUT2D eigenvalue weighted by molar-refractivity contribution is 5.41. The lowest BCUT2D eigenvalue weighted by Crippen LogP contribution is -2.51. The molecule has 1 aromatic rings. The number of quaternary nitrogens is 1. The zero-order chi connectivity index (χ0) is 12.2. The molecular formula is C12H22NO3+. The molecule has 0 bridgehead atoms. The lowest BCUT2D eigenvalue weighted by molar-refractivity contribution is -0.375. The molecule has 0 aliphatic heterocycles. The monoisotopic (exact) mass is 228 g/mol. The van der Waals surface area contributed by atoms with Gasteiger partial charge in [-0.05, 0) is 25.1 Å². The van der Waals surface area contributed by atoms with Gasteiger partial charge in [-0.2, -0.15) is 0 Å². The first-order valence-corrected chi connectivity index (χ1v) is 5.29. The summed E-state index contributed by atoms with van der Waals surface area (Å²) in [6.45, 7) is 2.81. The maximum atomic E-state index is 4.99. The van der Waals surface area contributed by atoms with E-state index >= 15 is 0 Å². The largest absolute Gasteiger partial charge is 0.465 e. The van der Waals surface area contributed by atoms with Crippen molar-refractivity contribution < 1.29 is 19.6 Å². The summed E-state index contributed by atoms with van der Waals surface area (Å²) in [4.78, 5) is 0. The van der Waals surface area contributed by atoms with E-state index in [-0.39, 0.29) is 6.29 Å². The number of ether oxygens (including phenoxy) is 2. The molecule has 0 aliphatic rings. The maximum absolute atomic E-state index is 4.99. The van der Waals surface area contributed by atoms with E-state index in [2.05, 4.69) is 5.73 Å². The van der Waals surface area contributed by atoms with Gasteiger partial charge in [-0.15, -0.1) is 0 Å². The van der Waals surface area contributed by atoms with Crippen LogP contribution in [-0.4, -0.2) is 27.1 Å². The van der Waals surface area contributed by atoms with Crippen LogP contribution in [0.25, 0.3) is 6.08 Å². The van der Waals surface area contributed by atoms with Gasteiger partial charge in [-0.25, -0.2) is 0 Å². The number of methoxy groups -OCH3 is 2. The van der Waals surface area contributed by atoms with Crippen molar-refractivity contribution in [1.29, 1.82) is 0 Å². The van der Waals surface area contributed by atoms with Gasteiger partial charge in [0, 0.05) is 20.6 Å². The molecule has 0 unspecified atom stereocenters. The fraction of sp³-hybridized carbons (Fsp3) is 0.500. The Hall–Kier alpha value is -1.10. The number of allylic oxidation sites excluding steroid dienone is 1. The van der Waals surface area contributed by atoms with Crippen LogP contribution in [0.3, 0.4) is 0 Å². The molecule has 16 heavy (non-hydrogen) atoms. The van der Waals surface area contributed by atoms with E-state index in [1.54, 1.807) is 20.5 Å². The number of hydrogen-bond donors (Lipinski definition) is 1. The standard InChI is InChI=1S/C7H8O.C5H13NO2/c1-2-4-7-5-3-6-8-7;1-7-5(8-2)3-4-6/h2-6H,1H3;5H,3-4,6H2,1-2H3/p+1/b4-2+;. The third kappa shape index (κ3) is 7.23. The van der Waals surface area contributed by atoms with Crippen molar-refractivity contribution >= 4 is 6.08 Å². The first-order chi connectivity index (χ1) is 7.78. The van der Waals surface area contributed by atoms with Gasteiger partial charge in [0.2, 0.25) is 0 Å².